The fourth-order valence-corrected chi connectivity index (χ4v) is 0.283. The minimum Gasteiger partial charge on any atom is -0.481 e. The van der Waals surface area contributed by atoms with Crippen LogP contribution < -0.4 is 0 Å². The number of carboxylic acid groups (broad SMARTS) is 1. The molecule has 1 N–H and O–H groups in total. The molecule has 0 unspecified atom stereocenters. The van der Waals surface area contributed by atoms with E-state index in [1.165, 1.54) is 6.92 Å². The van der Waals surface area contributed by atoms with E-state index in [9.17, 15) is 9.59 Å². The number of carbonyl (C=O) groups is 2. The fourth-order valence-electron chi connectivity index (χ4n) is 0.283. The van der Waals surface area contributed by atoms with E-state index in [0.29, 0.717) is 0 Å². The molecule has 0 heterocycles. The van der Waals surface area contributed by atoms with Crippen LogP contribution >= 0.6 is 0 Å². The molecule has 4 heteroatoms. The molecule has 0 saturated heterocycles. The van der Waals surface area contributed by atoms with Gasteiger partial charge in [-0.3, -0.25) is 4.79 Å². The highest BCUT2D eigenvalue weighted by Gasteiger charge is 1.97. The smallest absolute Gasteiger partial charge is 0.316 e. The van der Waals surface area contributed by atoms with Crippen LogP contribution in [0.4, 0.5) is 0 Å². The first kappa shape index (κ1) is 11.7. The lowest BCUT2D eigenvalue weighted by atomic mass is 10.2. The summed E-state index contributed by atoms with van der Waals surface area (Å²) in [5, 5.41) is 8.01. The lowest BCUT2D eigenvalue weighted by Gasteiger charge is -1.86. The molecular weight excluding hydrogens is 132 g/mol. The Labute approximate surface area is 69.6 Å². The molecule has 0 aliphatic heterocycles. The van der Waals surface area contributed by atoms with Gasteiger partial charge in [-0.1, -0.05) is 0 Å². The molecule has 3 nitrogen and oxygen atoms in total. The first-order valence-corrected chi connectivity index (χ1v) is 2.34. The molecule has 0 aromatic heterocycles. The van der Waals surface area contributed by atoms with Crippen molar-refractivity contribution in [3.8, 4) is 0 Å². The van der Waals surface area contributed by atoms with Crippen molar-refractivity contribution < 1.29 is 14.7 Å². The van der Waals surface area contributed by atoms with Crippen LogP contribution in [-0.4, -0.2) is 39.9 Å². The Balaban J connectivity index is 0. The van der Waals surface area contributed by atoms with Gasteiger partial charge in [-0.2, -0.15) is 0 Å². The van der Waals surface area contributed by atoms with E-state index in [2.05, 4.69) is 0 Å². The van der Waals surface area contributed by atoms with Crippen molar-refractivity contribution in [2.75, 3.05) is 0 Å². The van der Waals surface area contributed by atoms with Gasteiger partial charge in [0.05, 0.1) is 6.42 Å². The van der Waals surface area contributed by atoms with E-state index in [1.807, 2.05) is 0 Å². The molecule has 0 rings (SSSR count). The Bertz CT molecular complexity index is 96.8. The van der Waals surface area contributed by atoms with Crippen LogP contribution in [0.3, 0.4) is 0 Å². The topological polar surface area (TPSA) is 54.4 Å². The highest BCUT2D eigenvalue weighted by atomic mass is 24.3. The summed E-state index contributed by atoms with van der Waals surface area (Å²) in [6, 6.07) is 0. The van der Waals surface area contributed by atoms with Gasteiger partial charge in [0.25, 0.3) is 0 Å². The van der Waals surface area contributed by atoms with E-state index >= 15 is 0 Å². The second kappa shape index (κ2) is 6.03. The molecule has 0 spiro atoms. The molecule has 0 aliphatic carbocycles. The van der Waals surface area contributed by atoms with Crippen molar-refractivity contribution in [3.63, 3.8) is 0 Å². The largest absolute Gasteiger partial charge is 0.481 e. The van der Waals surface area contributed by atoms with Crippen LogP contribution in [0.5, 0.6) is 0 Å². The fraction of sp³-hybridized carbons (Fsp3) is 0.600. The van der Waals surface area contributed by atoms with E-state index in [4.69, 9.17) is 5.11 Å². The van der Waals surface area contributed by atoms with E-state index in [0.717, 1.165) is 0 Å². The number of aliphatic carboxylic acids is 1. The molecule has 0 saturated carbocycles. The van der Waals surface area contributed by atoms with E-state index in [1.54, 1.807) is 0 Å². The molecule has 9 heavy (non-hydrogen) atoms. The predicted octanol–water partition coefficient (Wildman–Crippen LogP) is -0.476. The Kier molecular flexibility index (Phi) is 7.82. The zero-order valence-corrected chi connectivity index (χ0v) is 4.68. The Hall–Kier alpha value is -0.0938. The van der Waals surface area contributed by atoms with Crippen LogP contribution in [0.1, 0.15) is 19.8 Å². The minimum absolute atomic E-state index is 0. The highest BCUT2D eigenvalue weighted by molar-refractivity contribution is 5.80. The average Bonchev–Trinajstić information content (AvgIpc) is 1.61. The lowest BCUT2D eigenvalue weighted by molar-refractivity contribution is -0.138. The summed E-state index contributed by atoms with van der Waals surface area (Å²) >= 11 is 0. The number of Topliss-reactive ketones (excluding diaryl/α,β-unsaturated/α-hetero) is 1. The van der Waals surface area contributed by atoms with Gasteiger partial charge in [-0.05, 0) is 6.92 Å². The molecule has 0 radical (unpaired) electrons. The quantitative estimate of drug-likeness (QED) is 0.542. The normalized spacial score (nSPS) is 7.67. The van der Waals surface area contributed by atoms with Crippen molar-refractivity contribution in [2.45, 2.75) is 19.8 Å². The summed E-state index contributed by atoms with van der Waals surface area (Å²) in [4.78, 5) is 19.8. The Morgan fingerprint density at radius 1 is 1.33 bits per heavy atom. The van der Waals surface area contributed by atoms with Crippen LogP contribution in [0.25, 0.3) is 0 Å². The maximum Gasteiger partial charge on any atom is 0.316 e. The van der Waals surface area contributed by atoms with Gasteiger partial charge in [0.1, 0.15) is 5.78 Å². The summed E-state index contributed by atoms with van der Waals surface area (Å²) in [5.74, 6) is -0.993. The van der Waals surface area contributed by atoms with E-state index in [-0.39, 0.29) is 41.7 Å². The van der Waals surface area contributed by atoms with Crippen molar-refractivity contribution >= 4 is 34.8 Å². The van der Waals surface area contributed by atoms with Crippen LogP contribution in [0, 0.1) is 0 Å². The first-order chi connectivity index (χ1) is 3.63. The maximum absolute atomic E-state index is 10.1. The number of hydrogen-bond donors (Lipinski definition) is 1. The molecule has 0 amide bonds. The first-order valence-electron chi connectivity index (χ1n) is 2.34. The Morgan fingerprint density at radius 3 is 1.89 bits per heavy atom. The number of carbonyl (C=O) groups excluding carboxylic acids is 1. The van der Waals surface area contributed by atoms with Crippen molar-refractivity contribution in [1.29, 1.82) is 0 Å². The lowest BCUT2D eigenvalue weighted by Crippen LogP contribution is -1.98. The number of ketones is 1. The molecule has 0 aliphatic rings. The monoisotopic (exact) mass is 142 g/mol. The average molecular weight is 142 g/mol. The molecule has 0 aromatic carbocycles. The number of rotatable bonds is 3. The highest BCUT2D eigenvalue weighted by Crippen LogP contribution is 1.87. The molecule has 0 atom stereocenters. The van der Waals surface area contributed by atoms with Gasteiger partial charge in [0.15, 0.2) is 0 Å². The third kappa shape index (κ3) is 11.5. The molecular formula is C5H10MgO3. The molecule has 0 fully saturated rings. The third-order valence-corrected chi connectivity index (χ3v) is 0.691. The van der Waals surface area contributed by atoms with Crippen LogP contribution in [0.15, 0.2) is 0 Å². The third-order valence-electron chi connectivity index (χ3n) is 0.691. The molecule has 0 aromatic rings. The minimum atomic E-state index is -0.916. The SMILES string of the molecule is CC(=O)CCC(=O)O.[MgH2]. The predicted molar refractivity (Wildman–Crippen MR) is 36.1 cm³/mol. The molecule has 0 bridgehead atoms. The zero-order valence-electron chi connectivity index (χ0n) is 4.68. The summed E-state index contributed by atoms with van der Waals surface area (Å²) in [6.45, 7) is 1.38. The zero-order chi connectivity index (χ0) is 6.57. The van der Waals surface area contributed by atoms with Gasteiger partial charge in [-0.25, -0.2) is 0 Å². The second-order valence-electron chi connectivity index (χ2n) is 1.60. The summed E-state index contributed by atoms with van der Waals surface area (Å²) in [5.41, 5.74) is 0. The second-order valence-corrected chi connectivity index (χ2v) is 1.60. The van der Waals surface area contributed by atoms with Gasteiger partial charge in [0.2, 0.25) is 0 Å². The van der Waals surface area contributed by atoms with Crippen molar-refractivity contribution in [2.24, 2.45) is 0 Å². The summed E-state index contributed by atoms with van der Waals surface area (Å²) in [6.07, 6.45) is 0.102. The summed E-state index contributed by atoms with van der Waals surface area (Å²) in [7, 11) is 0. The maximum atomic E-state index is 10.1. The van der Waals surface area contributed by atoms with Crippen LogP contribution in [-0.2, 0) is 9.59 Å². The number of hydrogen-bond acceptors (Lipinski definition) is 2. The van der Waals surface area contributed by atoms with Gasteiger partial charge in [0, 0.05) is 6.42 Å². The van der Waals surface area contributed by atoms with Gasteiger partial charge in [-0.15, -0.1) is 0 Å². The standard InChI is InChI=1S/C5H8O3.Mg.2H/c1-4(6)2-3-5(7)8;;;/h2-3H2,1H3,(H,7,8);;;. The van der Waals surface area contributed by atoms with Crippen molar-refractivity contribution in [3.05, 3.63) is 0 Å². The Morgan fingerprint density at radius 2 is 1.78 bits per heavy atom. The van der Waals surface area contributed by atoms with Crippen molar-refractivity contribution in [1.82, 2.24) is 0 Å². The summed E-state index contributed by atoms with van der Waals surface area (Å²) < 4.78 is 0. The molecule has 50 valence electrons. The van der Waals surface area contributed by atoms with Crippen LogP contribution in [0.2, 0.25) is 0 Å². The van der Waals surface area contributed by atoms with E-state index < -0.39 is 5.97 Å². The number of carboxylic acids is 1. The van der Waals surface area contributed by atoms with Gasteiger partial charge >= 0.3 is 29.0 Å². The van der Waals surface area contributed by atoms with Gasteiger partial charge < -0.3 is 9.90 Å².